The first-order valence-corrected chi connectivity index (χ1v) is 9.13. The zero-order valence-corrected chi connectivity index (χ0v) is 18.5. The minimum Gasteiger partial charge on any atom is -0.488 e. The maximum absolute atomic E-state index is 12.3. The molecule has 0 aliphatic carbocycles. The number of hydrogen-bond acceptors (Lipinski definition) is 5. The van der Waals surface area contributed by atoms with Crippen LogP contribution in [-0.4, -0.2) is 67.1 Å². The van der Waals surface area contributed by atoms with Crippen LogP contribution in [0.1, 0.15) is 5.56 Å². The molecule has 1 fully saturated rings. The summed E-state index contributed by atoms with van der Waals surface area (Å²) in [6.45, 7) is 3.14. The molecule has 0 atom stereocenters. The fraction of sp³-hybridized carbons (Fsp3) is 0.421. The third kappa shape index (κ3) is 6.94. The first kappa shape index (κ1) is 23.0. The maximum Gasteiger partial charge on any atom is 0.272 e. The van der Waals surface area contributed by atoms with Gasteiger partial charge in [0.05, 0.1) is 0 Å². The number of rotatable bonds is 6. The number of halogens is 3. The number of piperazine rings is 1. The van der Waals surface area contributed by atoms with Gasteiger partial charge in [-0.25, -0.2) is 18.7 Å². The number of guanidine groups is 1. The van der Waals surface area contributed by atoms with Gasteiger partial charge >= 0.3 is 0 Å². The summed E-state index contributed by atoms with van der Waals surface area (Å²) >= 11 is 0. The fourth-order valence-electron chi connectivity index (χ4n) is 2.99. The Morgan fingerprint density at radius 2 is 1.90 bits per heavy atom. The largest absolute Gasteiger partial charge is 0.488 e. The smallest absolute Gasteiger partial charge is 0.272 e. The molecule has 2 aromatic rings. The Labute approximate surface area is 186 Å². The minimum atomic E-state index is -2.49. The number of benzene rings is 1. The average Bonchev–Trinajstić information content (AvgIpc) is 2.74. The molecule has 158 valence electrons. The van der Waals surface area contributed by atoms with Gasteiger partial charge in [0.2, 0.25) is 5.95 Å². The van der Waals surface area contributed by atoms with Gasteiger partial charge in [0.25, 0.3) is 6.43 Å². The van der Waals surface area contributed by atoms with E-state index in [-0.39, 0.29) is 24.0 Å². The van der Waals surface area contributed by atoms with Gasteiger partial charge in [-0.05, 0) is 23.8 Å². The number of nitrogens with zero attached hydrogens (tertiary/aromatic N) is 5. The third-order valence-electron chi connectivity index (χ3n) is 4.35. The van der Waals surface area contributed by atoms with E-state index in [1.54, 1.807) is 43.7 Å². The monoisotopic (exact) mass is 518 g/mol. The first-order chi connectivity index (χ1) is 13.7. The summed E-state index contributed by atoms with van der Waals surface area (Å²) in [6.07, 6.45) is 1.00. The lowest BCUT2D eigenvalue weighted by Crippen LogP contribution is -2.52. The highest BCUT2D eigenvalue weighted by molar-refractivity contribution is 14.0. The van der Waals surface area contributed by atoms with Crippen LogP contribution < -0.4 is 15.0 Å². The van der Waals surface area contributed by atoms with Crippen molar-refractivity contribution in [3.63, 3.8) is 0 Å². The molecule has 2 heterocycles. The molecule has 1 aliphatic heterocycles. The van der Waals surface area contributed by atoms with E-state index in [1.807, 2.05) is 6.07 Å². The molecule has 1 aliphatic rings. The highest BCUT2D eigenvalue weighted by Gasteiger charge is 2.21. The number of aromatic nitrogens is 2. The van der Waals surface area contributed by atoms with Crippen LogP contribution in [0.25, 0.3) is 0 Å². The molecule has 0 radical (unpaired) electrons. The van der Waals surface area contributed by atoms with E-state index in [0.29, 0.717) is 12.3 Å². The van der Waals surface area contributed by atoms with E-state index in [9.17, 15) is 8.78 Å². The quantitative estimate of drug-likeness (QED) is 0.361. The lowest BCUT2D eigenvalue weighted by atomic mass is 10.2. The van der Waals surface area contributed by atoms with Crippen LogP contribution in [-0.2, 0) is 6.54 Å². The predicted molar refractivity (Wildman–Crippen MR) is 119 cm³/mol. The zero-order valence-electron chi connectivity index (χ0n) is 16.2. The molecule has 7 nitrogen and oxygen atoms in total. The number of nitrogens with one attached hydrogen (secondary N) is 1. The molecule has 1 N–H and O–H groups in total. The summed E-state index contributed by atoms with van der Waals surface area (Å²) < 4.78 is 29.7. The van der Waals surface area contributed by atoms with Crippen molar-refractivity contribution in [2.24, 2.45) is 4.99 Å². The molecule has 1 aromatic heterocycles. The van der Waals surface area contributed by atoms with Crippen LogP contribution in [0, 0.1) is 0 Å². The van der Waals surface area contributed by atoms with Gasteiger partial charge in [-0.15, -0.1) is 24.0 Å². The van der Waals surface area contributed by atoms with Gasteiger partial charge in [0.15, 0.2) is 5.96 Å². The Morgan fingerprint density at radius 1 is 1.17 bits per heavy atom. The summed E-state index contributed by atoms with van der Waals surface area (Å²) in [5, 5.41) is 3.32. The van der Waals surface area contributed by atoms with Crippen molar-refractivity contribution in [1.82, 2.24) is 20.2 Å². The van der Waals surface area contributed by atoms with Crippen molar-refractivity contribution in [2.75, 3.05) is 44.7 Å². The molecule has 0 spiro atoms. The number of aliphatic imine (C=N–C) groups is 1. The highest BCUT2D eigenvalue weighted by atomic mass is 127. The second kappa shape index (κ2) is 11.7. The second-order valence-electron chi connectivity index (χ2n) is 6.27. The van der Waals surface area contributed by atoms with Gasteiger partial charge in [-0.1, -0.05) is 12.1 Å². The minimum absolute atomic E-state index is 0. The second-order valence-corrected chi connectivity index (χ2v) is 6.27. The number of anilines is 1. The van der Waals surface area contributed by atoms with Crippen LogP contribution in [0.2, 0.25) is 0 Å². The van der Waals surface area contributed by atoms with Gasteiger partial charge in [0, 0.05) is 52.2 Å². The molecule has 0 saturated carbocycles. The average molecular weight is 518 g/mol. The molecule has 10 heteroatoms. The van der Waals surface area contributed by atoms with Crippen LogP contribution in [0.15, 0.2) is 47.7 Å². The number of hydrogen-bond donors (Lipinski definition) is 1. The van der Waals surface area contributed by atoms with Crippen molar-refractivity contribution in [1.29, 1.82) is 0 Å². The van der Waals surface area contributed by atoms with E-state index in [0.717, 1.165) is 43.7 Å². The van der Waals surface area contributed by atoms with Gasteiger partial charge < -0.3 is 19.9 Å². The Kier molecular flexibility index (Phi) is 9.29. The summed E-state index contributed by atoms with van der Waals surface area (Å²) in [5.41, 5.74) is 0.934. The van der Waals surface area contributed by atoms with Gasteiger partial charge in [-0.2, -0.15) is 0 Å². The summed E-state index contributed by atoms with van der Waals surface area (Å²) in [7, 11) is 1.75. The van der Waals surface area contributed by atoms with E-state index < -0.39 is 13.0 Å². The topological polar surface area (TPSA) is 65.9 Å². The van der Waals surface area contributed by atoms with E-state index >= 15 is 0 Å². The Bertz CT molecular complexity index is 772. The Morgan fingerprint density at radius 3 is 2.55 bits per heavy atom. The van der Waals surface area contributed by atoms with Crippen LogP contribution in [0.4, 0.5) is 14.7 Å². The van der Waals surface area contributed by atoms with Crippen molar-refractivity contribution in [3.05, 3.63) is 48.3 Å². The summed E-state index contributed by atoms with van der Waals surface area (Å²) in [6, 6.07) is 8.94. The van der Waals surface area contributed by atoms with Gasteiger partial charge in [-0.3, -0.25) is 4.99 Å². The Hall–Kier alpha value is -2.24. The molecule has 1 aromatic carbocycles. The van der Waals surface area contributed by atoms with Crippen LogP contribution in [0.3, 0.4) is 0 Å². The first-order valence-electron chi connectivity index (χ1n) is 9.13. The number of alkyl halides is 2. The predicted octanol–water partition coefficient (Wildman–Crippen LogP) is 2.64. The van der Waals surface area contributed by atoms with Crippen LogP contribution >= 0.6 is 24.0 Å². The lowest BCUT2D eigenvalue weighted by molar-refractivity contribution is 0.0818. The molecule has 29 heavy (non-hydrogen) atoms. The zero-order chi connectivity index (χ0) is 19.8. The maximum atomic E-state index is 12.3. The van der Waals surface area contributed by atoms with Crippen LogP contribution in [0.5, 0.6) is 5.75 Å². The van der Waals surface area contributed by atoms with Crippen molar-refractivity contribution < 1.29 is 13.5 Å². The van der Waals surface area contributed by atoms with Gasteiger partial charge in [0.1, 0.15) is 12.4 Å². The molecular weight excluding hydrogens is 493 g/mol. The molecular formula is C19H25F2IN6O. The molecule has 3 rings (SSSR count). The standard InChI is InChI=1S/C19H24F2N6O.HI/c1-22-18(25-13-15-4-2-5-16(12-15)28-14-17(20)21)26-8-10-27(11-9-26)19-23-6-3-7-24-19;/h2-7,12,17H,8-11,13-14H2,1H3,(H,22,25);1H. The van der Waals surface area contributed by atoms with Crippen molar-refractivity contribution in [3.8, 4) is 5.75 Å². The molecule has 0 unspecified atom stereocenters. The van der Waals surface area contributed by atoms with E-state index in [1.165, 1.54) is 0 Å². The van der Waals surface area contributed by atoms with E-state index in [2.05, 4.69) is 30.1 Å². The molecule has 1 saturated heterocycles. The summed E-state index contributed by atoms with van der Waals surface area (Å²) in [5.74, 6) is 1.98. The van der Waals surface area contributed by atoms with Crippen molar-refractivity contribution >= 4 is 35.9 Å². The number of ether oxygens (including phenoxy) is 1. The molecule has 0 bridgehead atoms. The Balaban J connectivity index is 0.00000300. The summed E-state index contributed by atoms with van der Waals surface area (Å²) in [4.78, 5) is 17.3. The van der Waals surface area contributed by atoms with Crippen molar-refractivity contribution in [2.45, 2.75) is 13.0 Å². The highest BCUT2D eigenvalue weighted by Crippen LogP contribution is 2.15. The third-order valence-corrected chi connectivity index (χ3v) is 4.35. The molecule has 0 amide bonds. The SMILES string of the molecule is CN=C(NCc1cccc(OCC(F)F)c1)N1CCN(c2ncccn2)CC1.I. The lowest BCUT2D eigenvalue weighted by Gasteiger charge is -2.36. The van der Waals surface area contributed by atoms with E-state index in [4.69, 9.17) is 4.74 Å². The fourth-order valence-corrected chi connectivity index (χ4v) is 2.99. The normalized spacial score (nSPS) is 14.6.